The lowest BCUT2D eigenvalue weighted by Crippen LogP contribution is -2.30. The van der Waals surface area contributed by atoms with Crippen LogP contribution in [-0.4, -0.2) is 39.1 Å². The number of pyridine rings is 1. The molecule has 0 unspecified atom stereocenters. The van der Waals surface area contributed by atoms with Crippen LogP contribution in [0.5, 0.6) is 0 Å². The smallest absolute Gasteiger partial charge is 0.226 e. The van der Waals surface area contributed by atoms with E-state index >= 15 is 0 Å². The van der Waals surface area contributed by atoms with Crippen LogP contribution in [0.25, 0.3) is 11.0 Å². The number of nitrogens with one attached hydrogen (secondary N) is 3. The minimum atomic E-state index is -0.118. The molecule has 158 valence electrons. The molecule has 3 aromatic heterocycles. The van der Waals surface area contributed by atoms with Gasteiger partial charge in [0, 0.05) is 30.7 Å². The molecule has 3 N–H and O–H groups in total. The molecule has 0 radical (unpaired) electrons. The zero-order valence-electron chi connectivity index (χ0n) is 17.3. The topological polar surface area (TPSA) is 118 Å². The summed E-state index contributed by atoms with van der Waals surface area (Å²) in [7, 11) is 0. The lowest BCUT2D eigenvalue weighted by atomic mass is 10.1. The fraction of sp³-hybridized carbons (Fsp3) is 0.227. The Labute approximate surface area is 179 Å². The van der Waals surface area contributed by atoms with Gasteiger partial charge in [-0.3, -0.25) is 4.79 Å². The minimum absolute atomic E-state index is 0.118. The van der Waals surface area contributed by atoms with Gasteiger partial charge in [-0.25, -0.2) is 15.0 Å². The van der Waals surface area contributed by atoms with Crippen molar-refractivity contribution < 1.29 is 9.32 Å². The Morgan fingerprint density at radius 3 is 2.71 bits per heavy atom. The number of para-hydroxylation sites is 1. The fourth-order valence-electron chi connectivity index (χ4n) is 3.13. The van der Waals surface area contributed by atoms with Crippen molar-refractivity contribution in [1.82, 2.24) is 25.4 Å². The van der Waals surface area contributed by atoms with Crippen molar-refractivity contribution in [3.8, 4) is 0 Å². The molecule has 4 rings (SSSR count). The molecule has 0 saturated carbocycles. The molecule has 0 aliphatic rings. The number of aromatic nitrogens is 4. The third kappa shape index (κ3) is 5.33. The van der Waals surface area contributed by atoms with E-state index in [4.69, 9.17) is 4.52 Å². The molecular weight excluding hydrogens is 394 g/mol. The largest absolute Gasteiger partial charge is 0.368 e. The first-order chi connectivity index (χ1) is 15.1. The maximum absolute atomic E-state index is 12.2. The van der Waals surface area contributed by atoms with Crippen LogP contribution in [0.15, 0.2) is 53.2 Å². The number of amides is 1. The quantitative estimate of drug-likeness (QED) is 0.374. The fourth-order valence-corrected chi connectivity index (χ4v) is 3.13. The summed E-state index contributed by atoms with van der Waals surface area (Å²) < 4.78 is 5.24. The van der Waals surface area contributed by atoms with Gasteiger partial charge in [-0.05, 0) is 43.7 Å². The molecule has 0 bridgehead atoms. The number of benzene rings is 1. The van der Waals surface area contributed by atoms with E-state index in [2.05, 4.69) is 36.1 Å². The Bertz CT molecular complexity index is 1210. The number of hydrogen-bond donors (Lipinski definition) is 3. The Balaban J connectivity index is 1.28. The van der Waals surface area contributed by atoms with Crippen molar-refractivity contribution >= 4 is 34.3 Å². The average Bonchev–Trinajstić information content (AvgIpc) is 3.14. The average molecular weight is 417 g/mol. The number of anilines is 3. The van der Waals surface area contributed by atoms with Gasteiger partial charge in [0.15, 0.2) is 5.58 Å². The molecule has 9 nitrogen and oxygen atoms in total. The summed E-state index contributed by atoms with van der Waals surface area (Å²) in [5.74, 6) is 2.54. The Morgan fingerprint density at radius 1 is 1.00 bits per heavy atom. The third-order valence-corrected chi connectivity index (χ3v) is 4.54. The number of carbonyl (C=O) groups is 1. The minimum Gasteiger partial charge on any atom is -0.368 e. The predicted molar refractivity (Wildman–Crippen MR) is 118 cm³/mol. The highest BCUT2D eigenvalue weighted by molar-refractivity contribution is 5.86. The summed E-state index contributed by atoms with van der Waals surface area (Å²) in [5.41, 5.74) is 2.42. The van der Waals surface area contributed by atoms with Crippen LogP contribution < -0.4 is 16.0 Å². The van der Waals surface area contributed by atoms with Crippen LogP contribution in [0.4, 0.5) is 17.5 Å². The van der Waals surface area contributed by atoms with Gasteiger partial charge in [-0.2, -0.15) is 0 Å². The van der Waals surface area contributed by atoms with Gasteiger partial charge in [-0.15, -0.1) is 0 Å². The van der Waals surface area contributed by atoms with Crippen molar-refractivity contribution in [1.29, 1.82) is 0 Å². The molecule has 0 atom stereocenters. The van der Waals surface area contributed by atoms with Crippen LogP contribution in [-0.2, 0) is 11.2 Å². The molecule has 0 aliphatic carbocycles. The predicted octanol–water partition coefficient (Wildman–Crippen LogP) is 3.14. The number of aryl methyl sites for hydroxylation is 2. The van der Waals surface area contributed by atoms with Crippen molar-refractivity contribution in [3.63, 3.8) is 0 Å². The summed E-state index contributed by atoms with van der Waals surface area (Å²) in [4.78, 5) is 25.3. The first kappa shape index (κ1) is 20.3. The lowest BCUT2D eigenvalue weighted by Gasteiger charge is -2.10. The summed E-state index contributed by atoms with van der Waals surface area (Å²) in [6, 6.07) is 13.2. The van der Waals surface area contributed by atoms with E-state index in [0.717, 1.165) is 16.8 Å². The van der Waals surface area contributed by atoms with E-state index in [1.54, 1.807) is 12.3 Å². The van der Waals surface area contributed by atoms with Gasteiger partial charge in [0.1, 0.15) is 29.0 Å². The van der Waals surface area contributed by atoms with Gasteiger partial charge in [0.05, 0.1) is 6.42 Å². The van der Waals surface area contributed by atoms with E-state index in [0.29, 0.717) is 41.8 Å². The number of rotatable bonds is 8. The maximum Gasteiger partial charge on any atom is 0.226 e. The highest BCUT2D eigenvalue weighted by Gasteiger charge is 2.11. The SMILES string of the molecule is Cc1ccnc(Nc2cc(NCCNC(=O)Cc3noc4ccccc34)nc(C)n2)c1. The van der Waals surface area contributed by atoms with Gasteiger partial charge < -0.3 is 20.5 Å². The summed E-state index contributed by atoms with van der Waals surface area (Å²) in [5, 5.41) is 14.1. The summed E-state index contributed by atoms with van der Waals surface area (Å²) >= 11 is 0. The Morgan fingerprint density at radius 2 is 1.84 bits per heavy atom. The third-order valence-electron chi connectivity index (χ3n) is 4.54. The van der Waals surface area contributed by atoms with Crippen LogP contribution >= 0.6 is 0 Å². The highest BCUT2D eigenvalue weighted by atomic mass is 16.5. The van der Waals surface area contributed by atoms with Gasteiger partial charge in [0.2, 0.25) is 5.91 Å². The molecule has 31 heavy (non-hydrogen) atoms. The number of fused-ring (bicyclic) bond motifs is 1. The first-order valence-electron chi connectivity index (χ1n) is 9.96. The molecule has 1 amide bonds. The second kappa shape index (κ2) is 9.21. The standard InChI is InChI=1S/C22H23N7O2/c1-14-7-8-23-19(11-14)28-21-13-20(26-15(2)27-21)24-9-10-25-22(30)12-17-16-5-3-4-6-18(16)31-29-17/h3-8,11,13H,9-10,12H2,1-2H3,(H,25,30)(H2,23,24,26,27,28). The van der Waals surface area contributed by atoms with E-state index in [1.165, 1.54) is 0 Å². The first-order valence-corrected chi connectivity index (χ1v) is 9.96. The van der Waals surface area contributed by atoms with E-state index in [1.807, 2.05) is 50.2 Å². The summed E-state index contributed by atoms with van der Waals surface area (Å²) in [6.45, 7) is 4.79. The normalized spacial score (nSPS) is 10.8. The van der Waals surface area contributed by atoms with Crippen LogP contribution in [0.1, 0.15) is 17.1 Å². The highest BCUT2D eigenvalue weighted by Crippen LogP contribution is 2.18. The molecule has 0 saturated heterocycles. The van der Waals surface area contributed by atoms with Crippen LogP contribution in [0, 0.1) is 13.8 Å². The van der Waals surface area contributed by atoms with Crippen molar-refractivity contribution in [2.24, 2.45) is 0 Å². The molecular formula is C22H23N7O2. The Kier molecular flexibility index (Phi) is 6.02. The van der Waals surface area contributed by atoms with Crippen molar-refractivity contribution in [3.05, 3.63) is 65.7 Å². The summed E-state index contributed by atoms with van der Waals surface area (Å²) in [6.07, 6.45) is 1.91. The molecule has 1 aromatic carbocycles. The van der Waals surface area contributed by atoms with Crippen molar-refractivity contribution in [2.75, 3.05) is 23.7 Å². The Hall–Kier alpha value is -4.01. The van der Waals surface area contributed by atoms with Gasteiger partial charge >= 0.3 is 0 Å². The molecule has 4 aromatic rings. The molecule has 0 spiro atoms. The second-order valence-electron chi connectivity index (χ2n) is 7.11. The molecule has 3 heterocycles. The van der Waals surface area contributed by atoms with Gasteiger partial charge in [-0.1, -0.05) is 17.3 Å². The lowest BCUT2D eigenvalue weighted by molar-refractivity contribution is -0.120. The van der Waals surface area contributed by atoms with Crippen LogP contribution in [0.3, 0.4) is 0 Å². The number of hydrogen-bond acceptors (Lipinski definition) is 8. The second-order valence-corrected chi connectivity index (χ2v) is 7.11. The van der Waals surface area contributed by atoms with E-state index < -0.39 is 0 Å². The van der Waals surface area contributed by atoms with Gasteiger partial charge in [0.25, 0.3) is 0 Å². The number of carbonyl (C=O) groups excluding carboxylic acids is 1. The molecule has 0 fully saturated rings. The van der Waals surface area contributed by atoms with Crippen LogP contribution in [0.2, 0.25) is 0 Å². The monoisotopic (exact) mass is 417 g/mol. The zero-order chi connectivity index (χ0) is 21.6. The van der Waals surface area contributed by atoms with E-state index in [-0.39, 0.29) is 12.3 Å². The maximum atomic E-state index is 12.2. The zero-order valence-corrected chi connectivity index (χ0v) is 17.3. The van der Waals surface area contributed by atoms with E-state index in [9.17, 15) is 4.79 Å². The number of nitrogens with zero attached hydrogens (tertiary/aromatic N) is 4. The molecule has 0 aliphatic heterocycles. The molecule has 9 heteroatoms. The van der Waals surface area contributed by atoms with Crippen molar-refractivity contribution in [2.45, 2.75) is 20.3 Å².